The predicted octanol–water partition coefficient (Wildman–Crippen LogP) is -10.4. The van der Waals surface area contributed by atoms with Gasteiger partial charge < -0.3 is 187 Å². The van der Waals surface area contributed by atoms with E-state index in [2.05, 4.69) is 5.32 Å². The first-order chi connectivity index (χ1) is 58.9. The molecule has 13 unspecified atom stereocenters. The maximum absolute atomic E-state index is 14.7. The zero-order valence-corrected chi connectivity index (χ0v) is 67.3. The number of carbonyl (C=O) groups is 5. The topological polar surface area (TPSA) is 674 Å². The number of pyridine rings is 2. The van der Waals surface area contributed by atoms with Gasteiger partial charge in [-0.1, -0.05) is 25.1 Å². The third-order valence-corrected chi connectivity index (χ3v) is 25.0. The van der Waals surface area contributed by atoms with Gasteiger partial charge in [0, 0.05) is 53.2 Å². The Morgan fingerprint density at radius 1 is 0.553 bits per heavy atom. The number of ketones is 2. The van der Waals surface area contributed by atoms with Crippen molar-refractivity contribution in [2.24, 2.45) is 11.8 Å². The highest BCUT2D eigenvalue weighted by Crippen LogP contribution is 2.44. The first kappa shape index (κ1) is 94.9. The number of nitrogens with one attached hydrogen (secondary N) is 1. The van der Waals surface area contributed by atoms with Crippen LogP contribution in [0.3, 0.4) is 0 Å². The quantitative estimate of drug-likeness (QED) is 0.0216. The van der Waals surface area contributed by atoms with Gasteiger partial charge in [-0.25, -0.2) is 9.78 Å². The van der Waals surface area contributed by atoms with E-state index in [1.54, 1.807) is 18.2 Å². The molecule has 3 aromatic rings. The molecule has 688 valence electrons. The van der Waals surface area contributed by atoms with E-state index in [4.69, 9.17) is 85.5 Å². The Hall–Kier alpha value is -5.68. The molecule has 2 aromatic heterocycles. The Kier molecular flexibility index (Phi) is 31.9. The van der Waals surface area contributed by atoms with Crippen LogP contribution in [0.25, 0.3) is 22.3 Å². The number of esters is 2. The fourth-order valence-corrected chi connectivity index (χ4v) is 18.1. The normalized spacial score (nSPS) is 40.5. The second-order valence-electron chi connectivity index (χ2n) is 31.8. The van der Waals surface area contributed by atoms with Gasteiger partial charge in [0.25, 0.3) is 5.56 Å². The van der Waals surface area contributed by atoms with Crippen molar-refractivity contribution in [3.05, 3.63) is 63.4 Å². The fourth-order valence-electron chi connectivity index (χ4n) is 16.9. The van der Waals surface area contributed by atoms with E-state index in [0.29, 0.717) is 22.5 Å². The summed E-state index contributed by atoms with van der Waals surface area (Å²) in [6.07, 6.45) is -68.2. The zero-order valence-electron chi connectivity index (χ0n) is 66.5. The number of hydrogen-bond acceptors (Lipinski definition) is 44. The summed E-state index contributed by atoms with van der Waals surface area (Å²) in [4.78, 5) is 87.6. The molecular formula is C77H107N3O42S. The largest absolute Gasteiger partial charge is 0.457 e. The molecule has 0 radical (unpaired) electrons. The Labute approximate surface area is 703 Å². The third-order valence-electron chi connectivity index (χ3n) is 23.8. The second-order valence-corrected chi connectivity index (χ2v) is 32.9. The maximum atomic E-state index is 14.7. The Balaban J connectivity index is 0.765. The highest BCUT2D eigenvalue weighted by molar-refractivity contribution is 7.99. The number of aromatic nitrogens is 2. The summed E-state index contributed by atoms with van der Waals surface area (Å²) in [6, 6.07) is 10.7. The zero-order chi connectivity index (χ0) is 88.3. The van der Waals surface area contributed by atoms with Crippen molar-refractivity contribution in [3.63, 3.8) is 0 Å². The minimum atomic E-state index is -2.36. The van der Waals surface area contributed by atoms with Crippen molar-refractivity contribution in [1.82, 2.24) is 14.9 Å². The van der Waals surface area contributed by atoms with Crippen LogP contribution in [0.2, 0.25) is 0 Å². The summed E-state index contributed by atoms with van der Waals surface area (Å²) < 4.78 is 101. The van der Waals surface area contributed by atoms with Crippen molar-refractivity contribution in [2.75, 3.05) is 84.1 Å². The number of aliphatic hydroxyl groups is 19. The first-order valence-corrected chi connectivity index (χ1v) is 41.6. The lowest BCUT2D eigenvalue weighted by Crippen LogP contribution is -2.68. The lowest BCUT2D eigenvalue weighted by atomic mass is 9.81. The van der Waals surface area contributed by atoms with Gasteiger partial charge in [0.2, 0.25) is 11.5 Å². The molecule has 1 aromatic carbocycles. The Morgan fingerprint density at radius 2 is 1.03 bits per heavy atom. The molecule has 20 N–H and O–H groups in total. The number of hydrogen-bond donors (Lipinski definition) is 20. The van der Waals surface area contributed by atoms with Crippen molar-refractivity contribution in [2.45, 2.75) is 267 Å². The van der Waals surface area contributed by atoms with Gasteiger partial charge in [-0.05, 0) is 38.0 Å². The van der Waals surface area contributed by atoms with Crippen LogP contribution in [0.4, 0.5) is 0 Å². The Bertz CT molecular complexity index is 4150. The van der Waals surface area contributed by atoms with Crippen LogP contribution in [0.1, 0.15) is 62.6 Å². The van der Waals surface area contributed by atoms with Crippen LogP contribution < -0.4 is 10.9 Å². The van der Waals surface area contributed by atoms with Gasteiger partial charge in [-0.2, -0.15) is 11.8 Å². The van der Waals surface area contributed by atoms with Crippen LogP contribution in [-0.4, -0.2) is 423 Å². The smallest absolute Gasteiger partial charge is 0.355 e. The monoisotopic (exact) mass is 1780 g/mol. The second kappa shape index (κ2) is 41.4. The first-order valence-electron chi connectivity index (χ1n) is 40.5. The number of cyclic esters (lactones) is 1. The lowest BCUT2D eigenvalue weighted by Gasteiger charge is -2.50. The molecule has 36 atom stereocenters. The minimum Gasteiger partial charge on any atom is -0.457 e. The van der Waals surface area contributed by atoms with E-state index in [1.807, 2.05) is 18.2 Å². The average Bonchev–Trinajstić information content (AvgIpc) is 1.61. The van der Waals surface area contributed by atoms with Crippen LogP contribution in [0.15, 0.2) is 41.2 Å². The Morgan fingerprint density at radius 3 is 1.59 bits per heavy atom. The van der Waals surface area contributed by atoms with Crippen LogP contribution in [0, 0.1) is 11.8 Å². The summed E-state index contributed by atoms with van der Waals surface area (Å²) in [5, 5.41) is 221. The van der Waals surface area contributed by atoms with E-state index >= 15 is 0 Å². The van der Waals surface area contributed by atoms with E-state index in [9.17, 15) is 126 Å². The number of amides is 1. The highest BCUT2D eigenvalue weighted by atomic mass is 32.2. The van der Waals surface area contributed by atoms with Crippen LogP contribution in [-0.2, 0) is 123 Å². The molecule has 0 spiro atoms. The van der Waals surface area contributed by atoms with E-state index in [-0.39, 0.29) is 69.1 Å². The number of aliphatic hydroxyl groups excluding tert-OH is 19. The molecule has 14 bridgehead atoms. The molecule has 0 saturated carbocycles. The number of fused-ring (bicyclic) bond motifs is 5. The van der Waals surface area contributed by atoms with Crippen LogP contribution in [0.5, 0.6) is 0 Å². The summed E-state index contributed by atoms with van der Waals surface area (Å²) in [7, 11) is 0. The van der Waals surface area contributed by atoms with Crippen molar-refractivity contribution in [1.29, 1.82) is 0 Å². The number of carbonyl (C=O) groups excluding carboxylic acids is 5. The van der Waals surface area contributed by atoms with Crippen molar-refractivity contribution < 1.29 is 202 Å². The highest BCUT2D eigenvalue weighted by Gasteiger charge is 2.60. The number of Topliss-reactive ketones (excluding diaryl/α,β-unsaturated/α-hetero) is 2. The molecule has 0 aliphatic carbocycles. The number of thioether (sulfide) groups is 1. The van der Waals surface area contributed by atoms with Gasteiger partial charge in [-0.3, -0.25) is 24.0 Å². The molecule has 21 saturated heterocycles. The van der Waals surface area contributed by atoms with Gasteiger partial charge in [0.15, 0.2) is 37.7 Å². The molecule has 46 heteroatoms. The molecule has 23 aliphatic heterocycles. The van der Waals surface area contributed by atoms with Gasteiger partial charge >= 0.3 is 11.9 Å². The SMILES string of the molecule is CC[C@@]1(OC(=O)CNC(=O)[C@@H](CSCC2O[C@@H]3O[C@@H]4C(CO)O[C@@H](C[C@@H]5C(CO)O[C@@H](O[C@@H]6CO[C@@H](O[C@@H]7C(CO)O[C@H](O[C@@H]8C(CO)O[C@H](O[C@@H]9C(CO)O[C@H](O[C@H]2[C@H](O)C3O)C(O)[C@H]9O)C(O)[C@H]8O)C(O)[C@H]7O)C(O)[C@H]6O)C(O)[C@H]5O)C(O)[C@H]4O)CC(=O)CCOCCOCCC(C)=O)C(=O)OCc2c1cc1n(c2=O)Cc2cc3ccccc3nc2-1. The minimum absolute atomic E-state index is 0.00204. The van der Waals surface area contributed by atoms with E-state index < -0.39 is 326 Å². The number of rotatable bonds is 25. The van der Waals surface area contributed by atoms with E-state index in [1.165, 1.54) is 18.4 Å². The molecule has 1 amide bonds. The molecular weight excluding hydrogens is 1670 g/mol. The molecule has 25 heterocycles. The van der Waals surface area contributed by atoms with Crippen LogP contribution >= 0.6 is 11.8 Å². The predicted molar refractivity (Wildman–Crippen MR) is 402 cm³/mol. The molecule has 26 rings (SSSR count). The fraction of sp³-hybridized carbons (Fsp3) is 0.753. The molecule has 23 aliphatic rings. The summed E-state index contributed by atoms with van der Waals surface area (Å²) in [5.74, 6) is -7.71. The summed E-state index contributed by atoms with van der Waals surface area (Å²) in [6.45, 7) is -4.43. The number of nitrogens with zero attached hydrogens (tertiary/aromatic N) is 2. The number of ether oxygens (including phenoxy) is 17. The van der Waals surface area contributed by atoms with Crippen molar-refractivity contribution in [3.8, 4) is 11.4 Å². The molecule has 123 heavy (non-hydrogen) atoms. The molecule has 21 fully saturated rings. The van der Waals surface area contributed by atoms with Gasteiger partial charge in [-0.15, -0.1) is 0 Å². The average molecular weight is 1780 g/mol. The standard InChI is InChI=1S/C77H107N3O42S/c1-3-77(36-17-38-48-31(14-30-6-4-5-7-37(30)79-48)19-80(38)69(104)35(36)25-109-76(77)105)122-47(88)18-78-68(103)32(15-33(87)9-11-107-13-12-106-10-8-29(2)86)27-123-28-46-67-56(96)62(102)75(116-46)118-63-41(21-82)110-39(50(90)52(63)92)16-34-40(20-81)111-71(57(97)49(34)89)115-45-26-108-70(58(98)51(45)91)117-64-42(22-83)112-72(59(99)53(64)93)119-65-43(23-84)113-73(60(100)54(65)94)120-66-44(24-85)114-74(121-67)61(101)55(66)95/h4-7,14,17,32,34,39-46,49-67,70-75,81-85,89-102H,3,8-13,15-16,18-28H2,1-2H3,(H,78,103)/t32-,34-,39+,40?,41?,42?,43?,44?,45-,46?,49+,50?,51+,52-,53-,54-,55-,56-,57?,58?,59?,60?,61?,62?,63-,64-,65-,66-,67-,70+,71+,72-,73-,74-,75-,77+/m1/s1. The van der Waals surface area contributed by atoms with Gasteiger partial charge in [0.1, 0.15) is 165 Å². The summed E-state index contributed by atoms with van der Waals surface area (Å²) in [5.41, 5.74) is -0.626. The third kappa shape index (κ3) is 20.1. The maximum Gasteiger partial charge on any atom is 0.355 e. The van der Waals surface area contributed by atoms with Gasteiger partial charge in [0.05, 0.1) is 125 Å². The summed E-state index contributed by atoms with van der Waals surface area (Å²) >= 11 is 0.787. The molecule has 45 nitrogen and oxygen atoms in total. The number of para-hydroxylation sites is 1. The van der Waals surface area contributed by atoms with E-state index in [0.717, 1.165) is 17.1 Å². The lowest BCUT2D eigenvalue weighted by molar-refractivity contribution is -0.393. The van der Waals surface area contributed by atoms with Crippen molar-refractivity contribution >= 4 is 52.1 Å². The number of benzene rings is 1.